The van der Waals surface area contributed by atoms with E-state index >= 15 is 0 Å². The molecule has 1 atom stereocenters. The third-order valence-electron chi connectivity index (χ3n) is 6.43. The van der Waals surface area contributed by atoms with Gasteiger partial charge in [-0.3, -0.25) is 0 Å². The van der Waals surface area contributed by atoms with E-state index in [1.165, 1.54) is 128 Å². The Labute approximate surface area is 187 Å². The highest BCUT2D eigenvalue weighted by molar-refractivity contribution is 7.56. The molecule has 0 heterocycles. The molecule has 0 aliphatic carbocycles. The second-order valence-electron chi connectivity index (χ2n) is 10.1. The normalized spacial score (nSPS) is 12.7. The molecule has 0 saturated carbocycles. The lowest BCUT2D eigenvalue weighted by atomic mass is 9.84. The van der Waals surface area contributed by atoms with Crippen LogP contribution in [0.5, 0.6) is 0 Å². The fourth-order valence-electron chi connectivity index (χ4n) is 4.09. The van der Waals surface area contributed by atoms with Crippen molar-refractivity contribution in [1.82, 2.24) is 0 Å². The van der Waals surface area contributed by atoms with Crippen molar-refractivity contribution >= 4 is 7.92 Å². The predicted octanol–water partition coefficient (Wildman–Crippen LogP) is 10.5. The molecule has 0 aromatic rings. The summed E-state index contributed by atoms with van der Waals surface area (Å²) in [7, 11) is 0.206. The Morgan fingerprint density at radius 1 is 0.690 bits per heavy atom. The monoisotopic (exact) mass is 422 g/mol. The molecule has 1 heteroatoms. The quantitative estimate of drug-likeness (QED) is 0.0924. The van der Waals surface area contributed by atoms with Crippen LogP contribution in [-0.2, 0) is 0 Å². The van der Waals surface area contributed by atoms with Crippen molar-refractivity contribution in [3.8, 4) is 0 Å². The minimum atomic E-state index is 0.206. The summed E-state index contributed by atoms with van der Waals surface area (Å²) in [5.41, 5.74) is 3.45. The first kappa shape index (κ1) is 28.9. The summed E-state index contributed by atoms with van der Waals surface area (Å²) in [6, 6.07) is 0. The van der Waals surface area contributed by atoms with Crippen LogP contribution < -0.4 is 0 Å². The highest BCUT2D eigenvalue weighted by Crippen LogP contribution is 2.38. The van der Waals surface area contributed by atoms with Gasteiger partial charge in [-0.15, -0.1) is 13.7 Å². The molecule has 0 N–H and O–H groups in total. The van der Waals surface area contributed by atoms with Crippen LogP contribution in [0.2, 0.25) is 0 Å². The number of rotatable bonds is 22. The van der Waals surface area contributed by atoms with Crippen molar-refractivity contribution < 1.29 is 0 Å². The summed E-state index contributed by atoms with van der Waals surface area (Å²) < 4.78 is 0. The van der Waals surface area contributed by atoms with E-state index in [1.54, 1.807) is 0 Å². The van der Waals surface area contributed by atoms with Gasteiger partial charge >= 0.3 is 0 Å². The molecule has 0 spiro atoms. The Hall–Kier alpha value is -0.0500. The highest BCUT2D eigenvalue weighted by Gasteiger charge is 2.18. The zero-order valence-electron chi connectivity index (χ0n) is 20.9. The van der Waals surface area contributed by atoms with E-state index in [2.05, 4.69) is 45.8 Å². The van der Waals surface area contributed by atoms with Gasteiger partial charge in [0.1, 0.15) is 0 Å². The van der Waals surface area contributed by atoms with E-state index in [9.17, 15) is 0 Å². The second kappa shape index (κ2) is 21.2. The molecule has 0 saturated heterocycles. The van der Waals surface area contributed by atoms with Crippen LogP contribution in [0.25, 0.3) is 0 Å². The Morgan fingerprint density at radius 3 is 1.59 bits per heavy atom. The number of hydrogen-bond donors (Lipinski definition) is 0. The average Bonchev–Trinajstić information content (AvgIpc) is 2.69. The molecule has 0 fully saturated rings. The Bertz CT molecular complexity index is 378. The molecule has 0 aromatic heterocycles. The molecule has 29 heavy (non-hydrogen) atoms. The highest BCUT2D eigenvalue weighted by atomic mass is 31.1. The van der Waals surface area contributed by atoms with E-state index in [-0.39, 0.29) is 7.92 Å². The molecule has 0 bridgehead atoms. The minimum absolute atomic E-state index is 0.206. The van der Waals surface area contributed by atoms with E-state index in [0.29, 0.717) is 5.41 Å². The topological polar surface area (TPSA) is 0 Å². The maximum absolute atomic E-state index is 3.66. The standard InChI is InChI=1S/C28H55P/c1-6-8-10-11-12-13-14-15-16-17-18-19-20-21-22-24-28(3,4)25-27-29(5)26-23-9-7-2/h9H,2,6,8,10-27H2,1,3-5H3. The molecule has 0 aliphatic heterocycles. The third kappa shape index (κ3) is 22.5. The minimum Gasteiger partial charge on any atom is -0.133 e. The lowest BCUT2D eigenvalue weighted by Gasteiger charge is -2.26. The second-order valence-corrected chi connectivity index (χ2v) is 12.7. The van der Waals surface area contributed by atoms with Crippen molar-refractivity contribution in [1.29, 1.82) is 0 Å². The maximum Gasteiger partial charge on any atom is -0.0235 e. The van der Waals surface area contributed by atoms with Crippen LogP contribution in [-0.4, -0.2) is 19.0 Å². The molecule has 0 aliphatic rings. The molecule has 172 valence electrons. The Kier molecular flexibility index (Phi) is 21.2. The first-order valence-electron chi connectivity index (χ1n) is 13.0. The van der Waals surface area contributed by atoms with Crippen LogP contribution in [0.4, 0.5) is 0 Å². The van der Waals surface area contributed by atoms with Gasteiger partial charge in [-0.1, -0.05) is 124 Å². The van der Waals surface area contributed by atoms with E-state index in [1.807, 2.05) is 0 Å². The summed E-state index contributed by atoms with van der Waals surface area (Å²) in [6.45, 7) is 13.4. The molecular weight excluding hydrogens is 367 g/mol. The predicted molar refractivity (Wildman–Crippen MR) is 139 cm³/mol. The van der Waals surface area contributed by atoms with Gasteiger partial charge in [0, 0.05) is 0 Å². The van der Waals surface area contributed by atoms with E-state index in [4.69, 9.17) is 0 Å². The molecule has 0 rings (SSSR count). The van der Waals surface area contributed by atoms with E-state index < -0.39 is 0 Å². The van der Waals surface area contributed by atoms with Crippen molar-refractivity contribution in [2.24, 2.45) is 5.41 Å². The molecule has 1 unspecified atom stereocenters. The molecule has 0 nitrogen and oxygen atoms in total. The molecule has 0 aromatic carbocycles. The largest absolute Gasteiger partial charge is 0.133 e. The number of unbranched alkanes of at least 4 members (excludes halogenated alkanes) is 14. The van der Waals surface area contributed by atoms with Crippen molar-refractivity contribution in [2.45, 2.75) is 136 Å². The lowest BCUT2D eigenvalue weighted by Crippen LogP contribution is -2.13. The van der Waals surface area contributed by atoms with Gasteiger partial charge in [0.05, 0.1) is 0 Å². The SMILES string of the molecule is C=C=CCCP(C)CCC(C)(C)CCCCCCCCCCCCCCCCC. The van der Waals surface area contributed by atoms with Gasteiger partial charge in [0.25, 0.3) is 0 Å². The first-order chi connectivity index (χ1) is 14.0. The zero-order chi connectivity index (χ0) is 21.6. The maximum atomic E-state index is 3.66. The van der Waals surface area contributed by atoms with Crippen LogP contribution >= 0.6 is 7.92 Å². The number of hydrogen-bond acceptors (Lipinski definition) is 0. The summed E-state index contributed by atoms with van der Waals surface area (Å²) in [5.74, 6) is 0. The van der Waals surface area contributed by atoms with Gasteiger partial charge < -0.3 is 0 Å². The Balaban J connectivity index is 3.38. The average molecular weight is 423 g/mol. The van der Waals surface area contributed by atoms with E-state index in [0.717, 1.165) is 0 Å². The van der Waals surface area contributed by atoms with Crippen LogP contribution in [0.1, 0.15) is 136 Å². The smallest absolute Gasteiger partial charge is 0.0235 e. The summed E-state index contributed by atoms with van der Waals surface area (Å²) in [5, 5.41) is 0. The fourth-order valence-corrected chi connectivity index (χ4v) is 5.87. The molecule has 0 amide bonds. The number of allylic oxidation sites excluding steroid dienone is 1. The van der Waals surface area contributed by atoms with Gasteiger partial charge in [0.2, 0.25) is 0 Å². The van der Waals surface area contributed by atoms with Gasteiger partial charge in [-0.2, -0.15) is 0 Å². The van der Waals surface area contributed by atoms with Crippen LogP contribution in [0.3, 0.4) is 0 Å². The summed E-state index contributed by atoms with van der Waals surface area (Å²) >= 11 is 0. The lowest BCUT2D eigenvalue weighted by molar-refractivity contribution is 0.309. The van der Waals surface area contributed by atoms with Crippen LogP contribution in [0.15, 0.2) is 18.4 Å². The Morgan fingerprint density at radius 2 is 1.14 bits per heavy atom. The summed E-state index contributed by atoms with van der Waals surface area (Å²) in [6.07, 6.45) is 30.8. The zero-order valence-corrected chi connectivity index (χ0v) is 21.8. The van der Waals surface area contributed by atoms with Gasteiger partial charge in [-0.05, 0) is 49.7 Å². The molecule has 0 radical (unpaired) electrons. The van der Waals surface area contributed by atoms with Crippen LogP contribution in [0, 0.1) is 5.41 Å². The first-order valence-corrected chi connectivity index (χ1v) is 15.2. The van der Waals surface area contributed by atoms with Gasteiger partial charge in [0.15, 0.2) is 0 Å². The summed E-state index contributed by atoms with van der Waals surface area (Å²) in [4.78, 5) is 0. The fraction of sp³-hybridized carbons (Fsp3) is 0.893. The van der Waals surface area contributed by atoms with Crippen molar-refractivity contribution in [2.75, 3.05) is 19.0 Å². The third-order valence-corrected chi connectivity index (χ3v) is 8.44. The van der Waals surface area contributed by atoms with Crippen molar-refractivity contribution in [3.63, 3.8) is 0 Å². The molecular formula is C28H55P. The van der Waals surface area contributed by atoms with Gasteiger partial charge in [-0.25, -0.2) is 0 Å². The van der Waals surface area contributed by atoms with Crippen molar-refractivity contribution in [3.05, 3.63) is 18.4 Å².